The first-order valence-corrected chi connectivity index (χ1v) is 8.92. The summed E-state index contributed by atoms with van der Waals surface area (Å²) >= 11 is 0. The highest BCUT2D eigenvalue weighted by Crippen LogP contribution is 2.49. The first kappa shape index (κ1) is 18.0. The van der Waals surface area contributed by atoms with Gasteiger partial charge in [0.2, 0.25) is 5.91 Å². The fourth-order valence-corrected chi connectivity index (χ4v) is 3.42. The van der Waals surface area contributed by atoms with Gasteiger partial charge < -0.3 is 19.5 Å². The van der Waals surface area contributed by atoms with Crippen LogP contribution < -0.4 is 14.8 Å². The number of methoxy groups -OCH3 is 2. The summed E-state index contributed by atoms with van der Waals surface area (Å²) in [6.07, 6.45) is 2.16. The molecule has 1 aromatic rings. The van der Waals surface area contributed by atoms with E-state index in [1.54, 1.807) is 14.2 Å². The minimum atomic E-state index is -0.120. The Hall–Kier alpha value is -1.79. The molecule has 1 unspecified atom stereocenters. The summed E-state index contributed by atoms with van der Waals surface area (Å²) in [6, 6.07) is 5.92. The molecule has 0 aromatic heterocycles. The highest BCUT2D eigenvalue weighted by molar-refractivity contribution is 5.81. The topological polar surface area (TPSA) is 60.0 Å². The molecule has 1 saturated carbocycles. The lowest BCUT2D eigenvalue weighted by Crippen LogP contribution is -2.50. The van der Waals surface area contributed by atoms with Crippen LogP contribution in [0.2, 0.25) is 0 Å². The Morgan fingerprint density at radius 2 is 1.92 bits per heavy atom. The van der Waals surface area contributed by atoms with E-state index in [0.29, 0.717) is 19.8 Å². The number of carbonyl (C=O) groups is 1. The van der Waals surface area contributed by atoms with E-state index in [1.807, 2.05) is 19.1 Å². The van der Waals surface area contributed by atoms with Crippen LogP contribution in [0.1, 0.15) is 25.3 Å². The number of amides is 1. The number of benzene rings is 1. The zero-order chi connectivity index (χ0) is 17.9. The van der Waals surface area contributed by atoms with Gasteiger partial charge in [-0.3, -0.25) is 9.69 Å². The third-order valence-electron chi connectivity index (χ3n) is 5.42. The second kappa shape index (κ2) is 7.62. The summed E-state index contributed by atoms with van der Waals surface area (Å²) in [5.74, 6) is 1.56. The van der Waals surface area contributed by atoms with Gasteiger partial charge in [-0.1, -0.05) is 6.07 Å². The SMILES string of the molecule is COc1ccc(C2(CNC(=O)C(C)N3CCOCC3)CC2)cc1OC. The zero-order valence-corrected chi connectivity index (χ0v) is 15.3. The average Bonchev–Trinajstić information content (AvgIpc) is 3.46. The predicted octanol–water partition coefficient (Wildman–Crippen LogP) is 1.57. The second-order valence-electron chi connectivity index (χ2n) is 6.89. The number of morpholine rings is 1. The Bertz CT molecular complexity index is 609. The number of ether oxygens (including phenoxy) is 3. The molecule has 2 aliphatic rings. The van der Waals surface area contributed by atoms with Crippen LogP contribution in [-0.4, -0.2) is 63.9 Å². The molecule has 2 fully saturated rings. The normalized spacial score (nSPS) is 20.6. The van der Waals surface area contributed by atoms with E-state index >= 15 is 0 Å². The summed E-state index contributed by atoms with van der Waals surface area (Å²) in [5.41, 5.74) is 1.23. The molecular weight excluding hydrogens is 320 g/mol. The van der Waals surface area contributed by atoms with Crippen LogP contribution >= 0.6 is 0 Å². The predicted molar refractivity (Wildman–Crippen MR) is 95.3 cm³/mol. The smallest absolute Gasteiger partial charge is 0.237 e. The molecule has 6 nitrogen and oxygen atoms in total. The van der Waals surface area contributed by atoms with Gasteiger partial charge in [0.1, 0.15) is 0 Å². The van der Waals surface area contributed by atoms with Gasteiger partial charge in [-0.15, -0.1) is 0 Å². The number of hydrogen-bond acceptors (Lipinski definition) is 5. The van der Waals surface area contributed by atoms with Crippen molar-refractivity contribution < 1.29 is 19.0 Å². The maximum atomic E-state index is 12.5. The molecule has 0 spiro atoms. The molecule has 138 valence electrons. The minimum absolute atomic E-state index is 0.0277. The largest absolute Gasteiger partial charge is 0.493 e. The number of nitrogens with one attached hydrogen (secondary N) is 1. The minimum Gasteiger partial charge on any atom is -0.493 e. The number of hydrogen-bond donors (Lipinski definition) is 1. The Kier molecular flexibility index (Phi) is 5.49. The van der Waals surface area contributed by atoms with Gasteiger partial charge >= 0.3 is 0 Å². The molecule has 25 heavy (non-hydrogen) atoms. The van der Waals surface area contributed by atoms with E-state index in [4.69, 9.17) is 14.2 Å². The summed E-state index contributed by atoms with van der Waals surface area (Å²) in [4.78, 5) is 14.7. The molecule has 1 amide bonds. The summed E-state index contributed by atoms with van der Waals surface area (Å²) in [7, 11) is 3.28. The van der Waals surface area contributed by atoms with Crippen molar-refractivity contribution in [3.05, 3.63) is 23.8 Å². The third-order valence-corrected chi connectivity index (χ3v) is 5.42. The third kappa shape index (κ3) is 3.90. The molecule has 3 rings (SSSR count). The first-order valence-electron chi connectivity index (χ1n) is 8.92. The maximum absolute atomic E-state index is 12.5. The first-order chi connectivity index (χ1) is 12.1. The second-order valence-corrected chi connectivity index (χ2v) is 6.89. The molecule has 1 N–H and O–H groups in total. The van der Waals surface area contributed by atoms with Gasteiger partial charge in [0, 0.05) is 25.0 Å². The van der Waals surface area contributed by atoms with Gasteiger partial charge in [-0.2, -0.15) is 0 Å². The lowest BCUT2D eigenvalue weighted by molar-refractivity contribution is -0.127. The van der Waals surface area contributed by atoms with Crippen LogP contribution in [0.3, 0.4) is 0 Å². The number of carbonyl (C=O) groups excluding carboxylic acids is 1. The van der Waals surface area contributed by atoms with Gasteiger partial charge in [-0.05, 0) is 37.5 Å². The van der Waals surface area contributed by atoms with Crippen LogP contribution in [-0.2, 0) is 14.9 Å². The van der Waals surface area contributed by atoms with Crippen molar-refractivity contribution in [1.29, 1.82) is 0 Å². The maximum Gasteiger partial charge on any atom is 0.237 e. The van der Waals surface area contributed by atoms with Crippen molar-refractivity contribution in [3.8, 4) is 11.5 Å². The fourth-order valence-electron chi connectivity index (χ4n) is 3.42. The van der Waals surface area contributed by atoms with Crippen molar-refractivity contribution in [3.63, 3.8) is 0 Å². The molecule has 1 atom stereocenters. The van der Waals surface area contributed by atoms with Gasteiger partial charge in [-0.25, -0.2) is 0 Å². The Morgan fingerprint density at radius 3 is 2.52 bits per heavy atom. The zero-order valence-electron chi connectivity index (χ0n) is 15.3. The van der Waals surface area contributed by atoms with E-state index in [9.17, 15) is 4.79 Å². The Morgan fingerprint density at radius 1 is 1.24 bits per heavy atom. The Labute approximate surface area is 149 Å². The lowest BCUT2D eigenvalue weighted by atomic mass is 9.95. The van der Waals surface area contributed by atoms with Crippen molar-refractivity contribution >= 4 is 5.91 Å². The standard InChI is InChI=1S/C19H28N2O4/c1-14(21-8-10-25-11-9-21)18(22)20-13-19(6-7-19)15-4-5-16(23-2)17(12-15)24-3/h4-5,12,14H,6-11,13H2,1-3H3,(H,20,22). The Balaban J connectivity index is 1.61. The molecule has 6 heteroatoms. The van der Waals surface area contributed by atoms with Crippen molar-refractivity contribution in [2.24, 2.45) is 0 Å². The van der Waals surface area contributed by atoms with Crippen LogP contribution in [0.25, 0.3) is 0 Å². The van der Waals surface area contributed by atoms with Crippen molar-refractivity contribution in [2.45, 2.75) is 31.2 Å². The van der Waals surface area contributed by atoms with E-state index in [-0.39, 0.29) is 17.4 Å². The van der Waals surface area contributed by atoms with Crippen molar-refractivity contribution in [2.75, 3.05) is 47.1 Å². The van der Waals surface area contributed by atoms with Crippen LogP contribution in [0.4, 0.5) is 0 Å². The molecule has 0 bridgehead atoms. The molecule has 0 radical (unpaired) electrons. The van der Waals surface area contributed by atoms with Crippen molar-refractivity contribution in [1.82, 2.24) is 10.2 Å². The van der Waals surface area contributed by atoms with E-state index in [2.05, 4.69) is 16.3 Å². The van der Waals surface area contributed by atoms with Gasteiger partial charge in [0.25, 0.3) is 0 Å². The van der Waals surface area contributed by atoms with Gasteiger partial charge in [0.15, 0.2) is 11.5 Å². The van der Waals surface area contributed by atoms with Crippen LogP contribution in [0.5, 0.6) is 11.5 Å². The number of rotatable bonds is 7. The molecule has 1 aliphatic heterocycles. The van der Waals surface area contributed by atoms with E-state index < -0.39 is 0 Å². The van der Waals surface area contributed by atoms with Gasteiger partial charge in [0.05, 0.1) is 33.5 Å². The quantitative estimate of drug-likeness (QED) is 0.811. The summed E-state index contributed by atoms with van der Waals surface area (Å²) < 4.78 is 16.1. The highest BCUT2D eigenvalue weighted by Gasteiger charge is 2.45. The molecular formula is C19H28N2O4. The molecule has 1 heterocycles. The lowest BCUT2D eigenvalue weighted by Gasteiger charge is -2.31. The molecule has 1 saturated heterocycles. The van der Waals surface area contributed by atoms with E-state index in [0.717, 1.165) is 37.4 Å². The monoisotopic (exact) mass is 348 g/mol. The summed E-state index contributed by atoms with van der Waals surface area (Å²) in [6.45, 7) is 5.66. The average molecular weight is 348 g/mol. The fraction of sp³-hybridized carbons (Fsp3) is 0.632. The van der Waals surface area contributed by atoms with Crippen LogP contribution in [0.15, 0.2) is 18.2 Å². The van der Waals surface area contributed by atoms with E-state index in [1.165, 1.54) is 5.56 Å². The highest BCUT2D eigenvalue weighted by atomic mass is 16.5. The van der Waals surface area contributed by atoms with Crippen LogP contribution in [0, 0.1) is 0 Å². The molecule has 1 aliphatic carbocycles. The molecule has 1 aromatic carbocycles. The summed E-state index contributed by atoms with van der Waals surface area (Å²) in [5, 5.41) is 3.15. The number of nitrogens with zero attached hydrogens (tertiary/aromatic N) is 1.